The lowest BCUT2D eigenvalue weighted by atomic mass is 10.0. The van der Waals surface area contributed by atoms with Crippen molar-refractivity contribution in [3.63, 3.8) is 0 Å². The van der Waals surface area contributed by atoms with Gasteiger partial charge in [-0.05, 0) is 25.7 Å². The van der Waals surface area contributed by atoms with Crippen molar-refractivity contribution in [2.24, 2.45) is 5.73 Å². The van der Waals surface area contributed by atoms with E-state index in [4.69, 9.17) is 24.3 Å². The largest absolute Gasteiger partial charge is 0.472 e. The highest BCUT2D eigenvalue weighted by molar-refractivity contribution is 7.47. The zero-order valence-corrected chi connectivity index (χ0v) is 32.4. The van der Waals surface area contributed by atoms with Gasteiger partial charge in [0.2, 0.25) is 0 Å². The third-order valence-electron chi connectivity index (χ3n) is 8.80. The van der Waals surface area contributed by atoms with Crippen LogP contribution in [-0.4, -0.2) is 49.3 Å². The molecule has 0 aromatic rings. The normalized spacial score (nSPS) is 13.2. The molecule has 0 saturated carbocycles. The van der Waals surface area contributed by atoms with Gasteiger partial charge in [0.05, 0.1) is 13.2 Å². The topological polar surface area (TPSA) is 134 Å². The molecule has 9 nitrogen and oxygen atoms in total. The van der Waals surface area contributed by atoms with E-state index in [1.807, 2.05) is 6.08 Å². The fourth-order valence-corrected chi connectivity index (χ4v) is 6.56. The number of carbonyl (C=O) groups is 2. The molecule has 3 N–H and O–H groups in total. The molecule has 0 aromatic heterocycles. The SMILES string of the molecule is C=CCCCCCCCCCCCCCCCC(=O)O[C@H](COC(=O)CCCCCCCCCCCCCCC)COP(=O)(O)OCCN. The Labute approximate surface area is 300 Å². The molecule has 2 atom stereocenters. The van der Waals surface area contributed by atoms with E-state index in [9.17, 15) is 19.0 Å². The molecule has 0 aromatic carbocycles. The molecular weight excluding hydrogens is 641 g/mol. The Morgan fingerprint density at radius 1 is 0.633 bits per heavy atom. The van der Waals surface area contributed by atoms with Crippen LogP contribution in [0.25, 0.3) is 0 Å². The maximum absolute atomic E-state index is 12.5. The van der Waals surface area contributed by atoms with E-state index in [0.29, 0.717) is 6.42 Å². The van der Waals surface area contributed by atoms with E-state index in [0.717, 1.165) is 44.9 Å². The fourth-order valence-electron chi connectivity index (χ4n) is 5.79. The maximum Gasteiger partial charge on any atom is 0.472 e. The van der Waals surface area contributed by atoms with Crippen LogP contribution in [0.15, 0.2) is 12.7 Å². The van der Waals surface area contributed by atoms with E-state index < -0.39 is 26.5 Å². The number of rotatable bonds is 39. The highest BCUT2D eigenvalue weighted by Gasteiger charge is 2.26. The summed E-state index contributed by atoms with van der Waals surface area (Å²) in [6.45, 7) is 5.26. The van der Waals surface area contributed by atoms with Crippen LogP contribution >= 0.6 is 7.82 Å². The molecule has 0 aliphatic rings. The van der Waals surface area contributed by atoms with Crippen molar-refractivity contribution < 1.29 is 37.6 Å². The summed E-state index contributed by atoms with van der Waals surface area (Å²) in [5, 5.41) is 0. The summed E-state index contributed by atoms with van der Waals surface area (Å²) in [4.78, 5) is 34.7. The molecule has 0 bridgehead atoms. The molecule has 290 valence electrons. The van der Waals surface area contributed by atoms with Crippen LogP contribution in [0.4, 0.5) is 0 Å². The number of ether oxygens (including phenoxy) is 2. The first-order valence-corrected chi connectivity index (χ1v) is 21.6. The van der Waals surface area contributed by atoms with Crippen molar-refractivity contribution in [3.05, 3.63) is 12.7 Å². The molecule has 0 aliphatic heterocycles. The molecule has 0 heterocycles. The number of phosphoric ester groups is 1. The van der Waals surface area contributed by atoms with Crippen LogP contribution in [0.2, 0.25) is 0 Å². The Morgan fingerprint density at radius 2 is 1.04 bits per heavy atom. The maximum atomic E-state index is 12.5. The van der Waals surface area contributed by atoms with E-state index in [1.165, 1.54) is 122 Å². The zero-order valence-electron chi connectivity index (χ0n) is 31.5. The Hall–Kier alpha value is -1.25. The van der Waals surface area contributed by atoms with Crippen molar-refractivity contribution in [2.45, 2.75) is 199 Å². The molecule has 0 aliphatic carbocycles. The lowest BCUT2D eigenvalue weighted by molar-refractivity contribution is -0.161. The second-order valence-corrected chi connectivity index (χ2v) is 15.1. The van der Waals surface area contributed by atoms with Gasteiger partial charge in [-0.3, -0.25) is 18.6 Å². The number of phosphoric acid groups is 1. The number of hydrogen-bond donors (Lipinski definition) is 2. The number of allylic oxidation sites excluding steroid dienone is 1. The summed E-state index contributed by atoms with van der Waals surface area (Å²) in [5.74, 6) is -0.823. The summed E-state index contributed by atoms with van der Waals surface area (Å²) >= 11 is 0. The van der Waals surface area contributed by atoms with Crippen molar-refractivity contribution in [3.8, 4) is 0 Å². The Bertz CT molecular complexity index is 812. The molecule has 1 unspecified atom stereocenters. The van der Waals surface area contributed by atoms with E-state index >= 15 is 0 Å². The van der Waals surface area contributed by atoms with Crippen LogP contribution < -0.4 is 5.73 Å². The lowest BCUT2D eigenvalue weighted by Gasteiger charge is -2.19. The third kappa shape index (κ3) is 36.3. The van der Waals surface area contributed by atoms with E-state index in [2.05, 4.69) is 13.5 Å². The van der Waals surface area contributed by atoms with Crippen LogP contribution in [0.3, 0.4) is 0 Å². The minimum Gasteiger partial charge on any atom is -0.462 e. The van der Waals surface area contributed by atoms with Crippen molar-refractivity contribution >= 4 is 19.8 Å². The van der Waals surface area contributed by atoms with Crippen LogP contribution in [0.1, 0.15) is 193 Å². The predicted molar refractivity (Wildman–Crippen MR) is 201 cm³/mol. The minimum absolute atomic E-state index is 0.0556. The first kappa shape index (κ1) is 47.8. The summed E-state index contributed by atoms with van der Waals surface area (Å²) < 4.78 is 32.7. The average molecular weight is 718 g/mol. The second-order valence-electron chi connectivity index (χ2n) is 13.6. The van der Waals surface area contributed by atoms with E-state index in [-0.39, 0.29) is 38.6 Å². The molecule has 0 amide bonds. The predicted octanol–water partition coefficient (Wildman–Crippen LogP) is 11.1. The molecule has 10 heteroatoms. The standard InChI is InChI=1S/C39H76NO8P/c1-3-5-7-9-11-13-15-17-18-20-22-24-26-28-30-32-39(42)48-37(36-47-49(43,44)46-34-33-40)35-45-38(41)31-29-27-25-23-21-19-16-14-12-10-8-6-4-2/h3,37H,1,4-36,40H2,2H3,(H,43,44)/t37-/m1/s1. The quantitative estimate of drug-likeness (QED) is 0.0276. The highest BCUT2D eigenvalue weighted by Crippen LogP contribution is 2.43. The van der Waals surface area contributed by atoms with Crippen molar-refractivity contribution in [1.82, 2.24) is 0 Å². The number of unbranched alkanes of at least 4 members (excludes halogenated alkanes) is 25. The average Bonchev–Trinajstić information content (AvgIpc) is 3.08. The molecule has 0 fully saturated rings. The van der Waals surface area contributed by atoms with Gasteiger partial charge in [-0.15, -0.1) is 6.58 Å². The third-order valence-corrected chi connectivity index (χ3v) is 9.78. The van der Waals surface area contributed by atoms with Gasteiger partial charge < -0.3 is 20.1 Å². The van der Waals surface area contributed by atoms with Gasteiger partial charge in [-0.2, -0.15) is 0 Å². The Kier molecular flexibility index (Phi) is 35.6. The molecule has 0 radical (unpaired) electrons. The second kappa shape index (κ2) is 36.5. The first-order chi connectivity index (χ1) is 23.8. The summed E-state index contributed by atoms with van der Waals surface area (Å²) in [6.07, 6.45) is 34.1. The van der Waals surface area contributed by atoms with Crippen molar-refractivity contribution in [1.29, 1.82) is 0 Å². The number of hydrogen-bond acceptors (Lipinski definition) is 8. The summed E-state index contributed by atoms with van der Waals surface area (Å²) in [5.41, 5.74) is 5.33. The van der Waals surface area contributed by atoms with Gasteiger partial charge in [-0.1, -0.05) is 161 Å². The van der Waals surface area contributed by atoms with Gasteiger partial charge in [0.1, 0.15) is 6.61 Å². The lowest BCUT2D eigenvalue weighted by Crippen LogP contribution is -2.29. The van der Waals surface area contributed by atoms with Crippen LogP contribution in [-0.2, 0) is 32.7 Å². The van der Waals surface area contributed by atoms with Crippen LogP contribution in [0, 0.1) is 0 Å². The molecule has 0 rings (SSSR count). The van der Waals surface area contributed by atoms with Gasteiger partial charge in [0, 0.05) is 19.4 Å². The summed E-state index contributed by atoms with van der Waals surface area (Å²) in [6, 6.07) is 0. The van der Waals surface area contributed by atoms with E-state index in [1.54, 1.807) is 0 Å². The smallest absolute Gasteiger partial charge is 0.462 e. The fraction of sp³-hybridized carbons (Fsp3) is 0.897. The van der Waals surface area contributed by atoms with Gasteiger partial charge in [-0.25, -0.2) is 4.57 Å². The number of nitrogens with two attached hydrogens (primary N) is 1. The zero-order chi connectivity index (χ0) is 36.1. The highest BCUT2D eigenvalue weighted by atomic mass is 31.2. The monoisotopic (exact) mass is 718 g/mol. The Balaban J connectivity index is 4.15. The number of carbonyl (C=O) groups excluding carboxylic acids is 2. The Morgan fingerprint density at radius 3 is 1.47 bits per heavy atom. The summed E-state index contributed by atoms with van der Waals surface area (Å²) in [7, 11) is -4.37. The van der Waals surface area contributed by atoms with Gasteiger partial charge in [0.25, 0.3) is 0 Å². The molecule has 49 heavy (non-hydrogen) atoms. The first-order valence-electron chi connectivity index (χ1n) is 20.1. The van der Waals surface area contributed by atoms with Crippen LogP contribution in [0.5, 0.6) is 0 Å². The van der Waals surface area contributed by atoms with Crippen molar-refractivity contribution in [2.75, 3.05) is 26.4 Å². The number of esters is 2. The minimum atomic E-state index is -4.37. The molecular formula is C39H76NO8P. The van der Waals surface area contributed by atoms with Gasteiger partial charge in [0.15, 0.2) is 6.10 Å². The molecule has 0 saturated heterocycles. The molecule has 0 spiro atoms. The van der Waals surface area contributed by atoms with Gasteiger partial charge >= 0.3 is 19.8 Å².